The molecule has 0 aliphatic heterocycles. The number of aliphatic hydroxyl groups is 1. The van der Waals surface area contributed by atoms with E-state index in [1.54, 1.807) is 0 Å². The molecule has 5 rings (SSSR count). The zero-order valence-electron chi connectivity index (χ0n) is 22.3. The first-order valence-electron chi connectivity index (χ1n) is 13.4. The summed E-state index contributed by atoms with van der Waals surface area (Å²) in [5.74, 6) is 0.278. The Kier molecular flexibility index (Phi) is 5.25. The third-order valence-electron chi connectivity index (χ3n) is 11.9. The molecule has 5 heteroatoms. The largest absolute Gasteiger partial charge is 0.511 e. The summed E-state index contributed by atoms with van der Waals surface area (Å²) < 4.78 is 5.39. The molecule has 0 amide bonds. The van der Waals surface area contributed by atoms with Gasteiger partial charge >= 0.3 is 5.97 Å². The Balaban J connectivity index is 1.65. The number of hydrogen-bond acceptors (Lipinski definition) is 5. The number of nitrogens with zero attached hydrogens (tertiary/aromatic N) is 1. The Morgan fingerprint density at radius 1 is 1.11 bits per heavy atom. The molecule has 7 atom stereocenters. The summed E-state index contributed by atoms with van der Waals surface area (Å²) in [6, 6.07) is 2.23. The van der Waals surface area contributed by atoms with Gasteiger partial charge in [-0.2, -0.15) is 5.26 Å². The molecule has 0 aromatic carbocycles. The molecule has 0 spiro atoms. The van der Waals surface area contributed by atoms with E-state index in [4.69, 9.17) is 4.74 Å². The van der Waals surface area contributed by atoms with Crippen LogP contribution in [0.25, 0.3) is 0 Å². The smallest absolute Gasteiger partial charge is 0.312 e. The van der Waals surface area contributed by atoms with Crippen molar-refractivity contribution in [3.05, 3.63) is 23.0 Å². The van der Waals surface area contributed by atoms with E-state index in [9.17, 15) is 20.0 Å². The number of esters is 1. The molecule has 0 aromatic rings. The molecule has 0 bridgehead atoms. The summed E-state index contributed by atoms with van der Waals surface area (Å²) in [4.78, 5) is 27.5. The predicted octanol–water partition coefficient (Wildman–Crippen LogP) is 6.45. The van der Waals surface area contributed by atoms with E-state index in [-0.39, 0.29) is 56.9 Å². The van der Waals surface area contributed by atoms with Crippen molar-refractivity contribution >= 4 is 11.8 Å². The molecule has 1 N–H and O–H groups in total. The van der Waals surface area contributed by atoms with Crippen molar-refractivity contribution in [1.82, 2.24) is 0 Å². The molecule has 0 heterocycles. The number of methoxy groups -OCH3 is 1. The van der Waals surface area contributed by atoms with Crippen LogP contribution in [-0.4, -0.2) is 24.0 Å². The summed E-state index contributed by atoms with van der Waals surface area (Å²) in [7, 11) is 1.49. The molecule has 3 fully saturated rings. The van der Waals surface area contributed by atoms with Gasteiger partial charge in [0.1, 0.15) is 5.76 Å². The van der Waals surface area contributed by atoms with E-state index in [2.05, 4.69) is 40.7 Å². The van der Waals surface area contributed by atoms with Crippen LogP contribution in [0.1, 0.15) is 92.4 Å². The van der Waals surface area contributed by atoms with Gasteiger partial charge in [0, 0.05) is 12.3 Å². The Morgan fingerprint density at radius 2 is 1.80 bits per heavy atom. The van der Waals surface area contributed by atoms with Gasteiger partial charge < -0.3 is 9.84 Å². The van der Waals surface area contributed by atoms with Gasteiger partial charge in [0.15, 0.2) is 5.78 Å². The highest BCUT2D eigenvalue weighted by molar-refractivity contribution is 5.96. The summed E-state index contributed by atoms with van der Waals surface area (Å²) >= 11 is 0. The molecule has 3 saturated carbocycles. The highest BCUT2D eigenvalue weighted by atomic mass is 16.5. The van der Waals surface area contributed by atoms with Crippen LogP contribution in [0, 0.1) is 56.2 Å². The maximum Gasteiger partial charge on any atom is 0.312 e. The molecule has 0 aromatic heterocycles. The Labute approximate surface area is 210 Å². The highest BCUT2D eigenvalue weighted by Crippen LogP contribution is 2.74. The number of aliphatic hydroxyl groups excluding tert-OH is 1. The fraction of sp³-hybridized carbons (Fsp3) is 0.767. The SMILES string of the molecule is COC(=O)[C@]12CCC(C)(C)CC1C1C(=O)C=C3[C@@]4(C)CC(C#N)=C(O)C[C@@H]4CC[C@@]3(C)[C@]1(C)CC2. The lowest BCUT2D eigenvalue weighted by atomic mass is 9.35. The minimum atomic E-state index is -0.569. The monoisotopic (exact) mass is 479 g/mol. The average Bonchev–Trinajstić information content (AvgIpc) is 2.80. The van der Waals surface area contributed by atoms with E-state index < -0.39 is 5.41 Å². The van der Waals surface area contributed by atoms with E-state index in [0.29, 0.717) is 18.4 Å². The third-order valence-corrected chi connectivity index (χ3v) is 11.9. The first-order chi connectivity index (χ1) is 16.3. The summed E-state index contributed by atoms with van der Waals surface area (Å²) in [5.41, 5.74) is 0.420. The van der Waals surface area contributed by atoms with E-state index >= 15 is 0 Å². The number of hydrogen-bond donors (Lipinski definition) is 1. The van der Waals surface area contributed by atoms with Gasteiger partial charge in [0.2, 0.25) is 0 Å². The number of ether oxygens (including phenoxy) is 1. The first kappa shape index (κ1) is 24.6. The van der Waals surface area contributed by atoms with Crippen molar-refractivity contribution in [3.63, 3.8) is 0 Å². The first-order valence-corrected chi connectivity index (χ1v) is 13.4. The second kappa shape index (κ2) is 7.46. The van der Waals surface area contributed by atoms with Crippen molar-refractivity contribution in [3.8, 4) is 6.07 Å². The van der Waals surface area contributed by atoms with Crippen molar-refractivity contribution in [2.45, 2.75) is 92.4 Å². The van der Waals surface area contributed by atoms with Crippen LogP contribution in [0.15, 0.2) is 23.0 Å². The number of nitriles is 1. The summed E-state index contributed by atoms with van der Waals surface area (Å²) in [6.45, 7) is 11.4. The lowest BCUT2D eigenvalue weighted by Gasteiger charge is -2.68. The zero-order chi connectivity index (χ0) is 25.6. The van der Waals surface area contributed by atoms with Crippen molar-refractivity contribution in [1.29, 1.82) is 5.26 Å². The summed E-state index contributed by atoms with van der Waals surface area (Å²) in [5, 5.41) is 20.2. The van der Waals surface area contributed by atoms with Gasteiger partial charge in [0.25, 0.3) is 0 Å². The number of rotatable bonds is 1. The predicted molar refractivity (Wildman–Crippen MR) is 133 cm³/mol. The molecule has 5 nitrogen and oxygen atoms in total. The van der Waals surface area contributed by atoms with Gasteiger partial charge in [-0.05, 0) is 90.9 Å². The van der Waals surface area contributed by atoms with Crippen LogP contribution in [-0.2, 0) is 14.3 Å². The molecule has 5 aliphatic rings. The van der Waals surface area contributed by atoms with Gasteiger partial charge in [-0.15, -0.1) is 0 Å². The highest BCUT2D eigenvalue weighted by Gasteiger charge is 2.70. The van der Waals surface area contributed by atoms with Crippen LogP contribution in [0.3, 0.4) is 0 Å². The van der Waals surface area contributed by atoms with E-state index in [1.807, 2.05) is 6.08 Å². The Morgan fingerprint density at radius 3 is 2.46 bits per heavy atom. The Bertz CT molecular complexity index is 1090. The quantitative estimate of drug-likeness (QED) is 0.437. The minimum absolute atomic E-state index is 0.0185. The van der Waals surface area contributed by atoms with Crippen molar-refractivity contribution in [2.24, 2.45) is 44.8 Å². The van der Waals surface area contributed by atoms with Crippen LogP contribution in [0.4, 0.5) is 0 Å². The van der Waals surface area contributed by atoms with Gasteiger partial charge in [-0.3, -0.25) is 9.59 Å². The second-order valence-corrected chi connectivity index (χ2v) is 13.9. The summed E-state index contributed by atoms with van der Waals surface area (Å²) in [6.07, 6.45) is 9.12. The lowest BCUT2D eigenvalue weighted by Crippen LogP contribution is -2.65. The van der Waals surface area contributed by atoms with Crippen molar-refractivity contribution < 1.29 is 19.4 Å². The molecular weight excluding hydrogens is 438 g/mol. The van der Waals surface area contributed by atoms with E-state index in [1.165, 1.54) is 12.7 Å². The van der Waals surface area contributed by atoms with Crippen LogP contribution >= 0.6 is 0 Å². The fourth-order valence-corrected chi connectivity index (χ4v) is 9.57. The average molecular weight is 480 g/mol. The zero-order valence-corrected chi connectivity index (χ0v) is 22.3. The molecule has 2 unspecified atom stereocenters. The molecule has 0 radical (unpaired) electrons. The second-order valence-electron chi connectivity index (χ2n) is 13.9. The van der Waals surface area contributed by atoms with Crippen molar-refractivity contribution in [2.75, 3.05) is 7.11 Å². The van der Waals surface area contributed by atoms with Crippen LogP contribution in [0.2, 0.25) is 0 Å². The number of carbonyl (C=O) groups excluding carboxylic acids is 2. The molecule has 5 aliphatic carbocycles. The van der Waals surface area contributed by atoms with E-state index in [0.717, 1.165) is 44.9 Å². The maximum absolute atomic E-state index is 14.2. The maximum atomic E-state index is 14.2. The Hall–Kier alpha value is -2.09. The normalized spacial score (nSPS) is 46.3. The lowest BCUT2D eigenvalue weighted by molar-refractivity contribution is -0.190. The van der Waals surface area contributed by atoms with Crippen LogP contribution < -0.4 is 0 Å². The number of allylic oxidation sites excluding steroid dienone is 4. The number of fused-ring (bicyclic) bond motifs is 7. The number of carbonyl (C=O) groups is 2. The standard InChI is InChI=1S/C30H41NO4/c1-26(2)9-11-30(25(34)35-6)12-10-29(5)24(20(30)16-26)22(33)14-23-27(3)15-18(17-31)21(32)13-19(27)7-8-28(23,29)4/h14,19-20,24,32H,7-13,15-16H2,1-6H3/t19-,20?,24?,27-,28+,29+,30-/m0/s1. The van der Waals surface area contributed by atoms with Gasteiger partial charge in [0.05, 0.1) is 24.2 Å². The topological polar surface area (TPSA) is 87.4 Å². The van der Waals surface area contributed by atoms with Crippen LogP contribution in [0.5, 0.6) is 0 Å². The number of ketones is 1. The third kappa shape index (κ3) is 3.04. The minimum Gasteiger partial charge on any atom is -0.511 e. The van der Waals surface area contributed by atoms with Gasteiger partial charge in [-0.1, -0.05) is 40.2 Å². The molecular formula is C30H41NO4. The van der Waals surface area contributed by atoms with Gasteiger partial charge in [-0.25, -0.2) is 0 Å². The molecule has 0 saturated heterocycles. The molecule has 190 valence electrons. The molecule has 35 heavy (non-hydrogen) atoms. The fourth-order valence-electron chi connectivity index (χ4n) is 9.57.